The summed E-state index contributed by atoms with van der Waals surface area (Å²) in [5.41, 5.74) is 0. The number of rotatable bonds is 2. The molecule has 0 bridgehead atoms. The van der Waals surface area contributed by atoms with Gasteiger partial charge in [-0.2, -0.15) is 0 Å². The number of halogens is 1. The molecule has 0 N–H and O–H groups in total. The van der Waals surface area contributed by atoms with Crippen molar-refractivity contribution in [2.75, 3.05) is 6.61 Å². The van der Waals surface area contributed by atoms with Crippen LogP contribution in [0.2, 0.25) is 4.51 Å². The largest absolute Gasteiger partial charge is 1.00 e. The summed E-state index contributed by atoms with van der Waals surface area (Å²) >= 11 is 0.985. The van der Waals surface area contributed by atoms with Crippen LogP contribution in [-0.2, 0) is 27.8 Å². The molecule has 0 fully saturated rings. The smallest absolute Gasteiger partial charge is 1.00 e. The Labute approximate surface area is 75.8 Å². The molecule has 0 amide bonds. The van der Waals surface area contributed by atoms with Gasteiger partial charge in [0.25, 0.3) is 0 Å². The molecule has 2 nitrogen and oxygen atoms in total. The van der Waals surface area contributed by atoms with Gasteiger partial charge in [-0.3, -0.25) is 0 Å². The molecule has 50 valence electrons. The van der Waals surface area contributed by atoms with Crippen molar-refractivity contribution < 1.29 is 44.8 Å². The predicted molar refractivity (Wildman–Crippen MR) is 26.1 cm³/mol. The Hall–Kier alpha value is 0.573. The van der Waals surface area contributed by atoms with Crippen molar-refractivity contribution in [1.82, 2.24) is 0 Å². The van der Waals surface area contributed by atoms with Gasteiger partial charge in [-0.25, -0.2) is 0 Å². The second-order valence-electron chi connectivity index (χ2n) is 1.65. The van der Waals surface area contributed by atoms with Gasteiger partial charge in [0.15, 0.2) is 0 Å². The minimum atomic E-state index is -0.0625. The molecule has 0 aromatic heterocycles. The van der Waals surface area contributed by atoms with E-state index in [2.05, 4.69) is 0 Å². The van der Waals surface area contributed by atoms with Gasteiger partial charge in [-0.05, 0) is 0 Å². The molecule has 1 unspecified atom stereocenters. The maximum absolute atomic E-state index is 10.6. The Morgan fingerprint density at radius 1 is 1.78 bits per heavy atom. The summed E-state index contributed by atoms with van der Waals surface area (Å²) in [5, 5.41) is 0. The zero-order valence-electron chi connectivity index (χ0n) is 5.69. The van der Waals surface area contributed by atoms with E-state index in [4.69, 9.17) is 4.74 Å². The van der Waals surface area contributed by atoms with Gasteiger partial charge >= 0.3 is 58.8 Å². The summed E-state index contributed by atoms with van der Waals surface area (Å²) in [7, 11) is 0. The van der Waals surface area contributed by atoms with E-state index in [1.807, 2.05) is 13.8 Å². The summed E-state index contributed by atoms with van der Waals surface area (Å²) in [6, 6.07) is 0. The van der Waals surface area contributed by atoms with Crippen LogP contribution in [0.1, 0.15) is 13.8 Å². The van der Waals surface area contributed by atoms with E-state index in [1.165, 1.54) is 0 Å². The molecule has 0 aliphatic heterocycles. The maximum atomic E-state index is 10.6. The molecule has 9 heavy (non-hydrogen) atoms. The fourth-order valence-corrected chi connectivity index (χ4v) is 0.532. The molecule has 0 aromatic rings. The fraction of sp³-hybridized carbons (Fsp3) is 0.800. The molecule has 0 aliphatic rings. The van der Waals surface area contributed by atoms with Crippen LogP contribution in [0.5, 0.6) is 0 Å². The maximum Gasteiger partial charge on any atom is -1.00 e. The third kappa shape index (κ3) is 6.46. The second-order valence-corrected chi connectivity index (χ2v) is 4.22. The van der Waals surface area contributed by atoms with Crippen LogP contribution in [0.25, 0.3) is 0 Å². The van der Waals surface area contributed by atoms with Gasteiger partial charge in [0, 0.05) is 0 Å². The first kappa shape index (κ1) is 12.3. The molecule has 0 aliphatic carbocycles. The first-order chi connectivity index (χ1) is 3.68. The normalized spacial score (nSPS) is 11.6. The van der Waals surface area contributed by atoms with Crippen molar-refractivity contribution in [3.05, 3.63) is 0 Å². The van der Waals surface area contributed by atoms with E-state index in [-0.39, 0.29) is 27.5 Å². The third-order valence-corrected chi connectivity index (χ3v) is 1.39. The minimum absolute atomic E-state index is 0. The number of hydrogen-bond donors (Lipinski definition) is 0. The van der Waals surface area contributed by atoms with Crippen molar-refractivity contribution >= 4 is 5.97 Å². The quantitative estimate of drug-likeness (QED) is 0.412. The van der Waals surface area contributed by atoms with Crippen molar-refractivity contribution in [2.45, 2.75) is 18.4 Å². The molecule has 4 heteroatoms. The molecule has 0 aromatic carbocycles. The molecule has 0 spiro atoms. The van der Waals surface area contributed by atoms with E-state index < -0.39 is 0 Å². The van der Waals surface area contributed by atoms with Crippen molar-refractivity contribution in [1.29, 1.82) is 0 Å². The molecule has 0 saturated carbocycles. The minimum Gasteiger partial charge on any atom is -1.00 e. The summed E-state index contributed by atoms with van der Waals surface area (Å²) in [6.45, 7) is 4.20. The van der Waals surface area contributed by atoms with Crippen LogP contribution in [0.3, 0.4) is 0 Å². The van der Waals surface area contributed by atoms with Crippen molar-refractivity contribution in [3.63, 3.8) is 0 Å². The first-order valence-electron chi connectivity index (χ1n) is 2.68. The number of ether oxygens (including phenoxy) is 1. The van der Waals surface area contributed by atoms with Crippen LogP contribution in [0, 0.1) is 0 Å². The molecular formula is C5H9BrO2Zn. The Morgan fingerprint density at radius 2 is 2.22 bits per heavy atom. The Bertz CT molecular complexity index is 85.0. The van der Waals surface area contributed by atoms with Crippen LogP contribution in [0.15, 0.2) is 0 Å². The topological polar surface area (TPSA) is 26.3 Å². The van der Waals surface area contributed by atoms with E-state index in [1.54, 1.807) is 0 Å². The van der Waals surface area contributed by atoms with Gasteiger partial charge in [-0.1, -0.05) is 0 Å². The van der Waals surface area contributed by atoms with Gasteiger partial charge in [-0.15, -0.1) is 0 Å². The average Bonchev–Trinajstić information content (AvgIpc) is 1.67. The van der Waals surface area contributed by atoms with Crippen molar-refractivity contribution in [2.24, 2.45) is 0 Å². The van der Waals surface area contributed by atoms with Gasteiger partial charge < -0.3 is 17.0 Å². The zero-order valence-corrected chi connectivity index (χ0v) is 10.2. The van der Waals surface area contributed by atoms with Crippen LogP contribution in [0.4, 0.5) is 0 Å². The zero-order chi connectivity index (χ0) is 6.57. The summed E-state index contributed by atoms with van der Waals surface area (Å²) in [4.78, 5) is 10.6. The Kier molecular flexibility index (Phi) is 9.12. The van der Waals surface area contributed by atoms with Crippen LogP contribution < -0.4 is 17.0 Å². The molecule has 0 rings (SSSR count). The molecule has 0 heterocycles. The van der Waals surface area contributed by atoms with Gasteiger partial charge in [0.2, 0.25) is 0 Å². The van der Waals surface area contributed by atoms with Crippen LogP contribution in [-0.4, -0.2) is 12.6 Å². The van der Waals surface area contributed by atoms with E-state index in [0.29, 0.717) is 6.61 Å². The molecular weight excluding hydrogens is 237 g/mol. The van der Waals surface area contributed by atoms with Gasteiger partial charge in [0.1, 0.15) is 0 Å². The third-order valence-electron chi connectivity index (χ3n) is 0.689. The fourth-order valence-electron chi connectivity index (χ4n) is 0.285. The summed E-state index contributed by atoms with van der Waals surface area (Å²) in [5.74, 6) is -0.0625. The van der Waals surface area contributed by atoms with E-state index >= 15 is 0 Å². The monoisotopic (exact) mass is 244 g/mol. The SMILES string of the molecule is CCOC(=O)[CH](C)[Zn+].[Br-]. The number of esters is 1. The van der Waals surface area contributed by atoms with Gasteiger partial charge in [0.05, 0.1) is 0 Å². The van der Waals surface area contributed by atoms with Crippen molar-refractivity contribution in [3.8, 4) is 0 Å². The second kappa shape index (κ2) is 6.69. The Balaban J connectivity index is 0. The predicted octanol–water partition coefficient (Wildman–Crippen LogP) is -2.09. The molecule has 0 radical (unpaired) electrons. The van der Waals surface area contributed by atoms with Crippen LogP contribution >= 0.6 is 0 Å². The standard InChI is InChI=1S/C5H9O2.BrH.Zn/c1-3-5(6)7-4-2;;/h3H,4H2,1-2H3;1H;/q;;+1/p-1. The summed E-state index contributed by atoms with van der Waals surface area (Å²) < 4.78 is 4.83. The number of carbonyl (C=O) groups excluding carboxylic acids is 1. The first-order valence-corrected chi connectivity index (χ1v) is 4.39. The molecule has 1 atom stereocenters. The van der Waals surface area contributed by atoms with E-state index in [0.717, 1.165) is 18.3 Å². The summed E-state index contributed by atoms with van der Waals surface area (Å²) in [6.07, 6.45) is 0. The Morgan fingerprint density at radius 3 is 2.33 bits per heavy atom. The average molecular weight is 246 g/mol. The molecule has 0 saturated heterocycles. The number of carbonyl (C=O) groups is 1. The number of hydrogen-bond acceptors (Lipinski definition) is 2. The van der Waals surface area contributed by atoms with E-state index in [9.17, 15) is 4.79 Å².